The number of methoxy groups -OCH3 is 2. The van der Waals surface area contributed by atoms with E-state index in [0.717, 1.165) is 4.90 Å². The molecule has 0 aromatic heterocycles. The molecular formula is C20H18Cl2N2O4. The zero-order valence-corrected chi connectivity index (χ0v) is 16.8. The minimum absolute atomic E-state index is 0.136. The molecule has 0 aliphatic carbocycles. The highest BCUT2D eigenvalue weighted by Gasteiger charge is 2.39. The molecule has 0 saturated carbocycles. The molecule has 1 N–H and O–H groups in total. The van der Waals surface area contributed by atoms with Crippen LogP contribution >= 0.6 is 23.2 Å². The lowest BCUT2D eigenvalue weighted by atomic mass is 10.0. The Morgan fingerprint density at radius 3 is 2.32 bits per heavy atom. The largest absolute Gasteiger partial charge is 0.497 e. The summed E-state index contributed by atoms with van der Waals surface area (Å²) in [5, 5.41) is 3.77. The maximum absolute atomic E-state index is 13.0. The number of nitrogens with zero attached hydrogens (tertiary/aromatic N) is 1. The molecule has 6 nitrogen and oxygen atoms in total. The van der Waals surface area contributed by atoms with Gasteiger partial charge >= 0.3 is 0 Å². The Bertz CT molecular complexity index is 942. The van der Waals surface area contributed by atoms with E-state index in [9.17, 15) is 9.59 Å². The molecule has 2 aromatic rings. The number of amides is 2. The van der Waals surface area contributed by atoms with E-state index in [4.69, 9.17) is 32.7 Å². The van der Waals surface area contributed by atoms with Crippen molar-refractivity contribution in [1.82, 2.24) is 4.90 Å². The highest BCUT2D eigenvalue weighted by molar-refractivity contribution is 6.41. The van der Waals surface area contributed by atoms with Crippen LogP contribution in [0.5, 0.6) is 5.75 Å². The summed E-state index contributed by atoms with van der Waals surface area (Å²) in [5.74, 6) is -0.211. The van der Waals surface area contributed by atoms with E-state index in [-0.39, 0.29) is 29.4 Å². The van der Waals surface area contributed by atoms with Crippen LogP contribution in [0.4, 0.5) is 5.69 Å². The van der Waals surface area contributed by atoms with Gasteiger partial charge in [0, 0.05) is 23.4 Å². The quantitative estimate of drug-likeness (QED) is 0.689. The predicted molar refractivity (Wildman–Crippen MR) is 109 cm³/mol. The molecule has 146 valence electrons. The van der Waals surface area contributed by atoms with Gasteiger partial charge in [0.25, 0.3) is 11.8 Å². The van der Waals surface area contributed by atoms with Gasteiger partial charge in [0.2, 0.25) is 0 Å². The molecule has 0 fully saturated rings. The first-order valence-corrected chi connectivity index (χ1v) is 9.17. The normalized spacial score (nSPS) is 14.1. The molecule has 3 rings (SSSR count). The lowest BCUT2D eigenvalue weighted by molar-refractivity contribution is -0.137. The summed E-state index contributed by atoms with van der Waals surface area (Å²) in [7, 11) is 3.07. The van der Waals surface area contributed by atoms with Crippen LogP contribution in [0.15, 0.2) is 48.2 Å². The van der Waals surface area contributed by atoms with E-state index in [0.29, 0.717) is 22.0 Å². The van der Waals surface area contributed by atoms with Gasteiger partial charge in [-0.05, 0) is 36.4 Å². The zero-order chi connectivity index (χ0) is 20.3. The van der Waals surface area contributed by atoms with E-state index >= 15 is 0 Å². The Balaban J connectivity index is 2.05. The summed E-state index contributed by atoms with van der Waals surface area (Å²) in [6.45, 7) is 0.367. The van der Waals surface area contributed by atoms with E-state index in [1.807, 2.05) is 0 Å². The van der Waals surface area contributed by atoms with Crippen molar-refractivity contribution in [2.24, 2.45) is 0 Å². The number of halogens is 2. The molecule has 8 heteroatoms. The Hall–Kier alpha value is -2.54. The molecule has 0 spiro atoms. The van der Waals surface area contributed by atoms with E-state index in [1.54, 1.807) is 43.5 Å². The number of benzene rings is 2. The average Bonchev–Trinajstić information content (AvgIpc) is 2.91. The zero-order valence-electron chi connectivity index (χ0n) is 15.3. The summed E-state index contributed by atoms with van der Waals surface area (Å²) in [6, 6.07) is 11.8. The fourth-order valence-corrected chi connectivity index (χ4v) is 3.34. The monoisotopic (exact) mass is 420 g/mol. The lowest BCUT2D eigenvalue weighted by Gasteiger charge is -2.14. The fourth-order valence-electron chi connectivity index (χ4n) is 2.84. The van der Waals surface area contributed by atoms with Crippen LogP contribution < -0.4 is 10.1 Å². The number of nitrogens with one attached hydrogen (secondary N) is 1. The second kappa shape index (κ2) is 8.65. The van der Waals surface area contributed by atoms with Gasteiger partial charge in [-0.1, -0.05) is 29.3 Å². The third-order valence-electron chi connectivity index (χ3n) is 4.25. The molecule has 2 aromatic carbocycles. The minimum atomic E-state index is -0.445. The molecule has 0 atom stereocenters. The summed E-state index contributed by atoms with van der Waals surface area (Å²) in [5.41, 5.74) is 1.41. The number of hydrogen-bond donors (Lipinski definition) is 1. The number of ether oxygens (including phenoxy) is 2. The van der Waals surface area contributed by atoms with Crippen molar-refractivity contribution >= 4 is 46.3 Å². The molecule has 0 bridgehead atoms. The Morgan fingerprint density at radius 1 is 1.00 bits per heavy atom. The number of imide groups is 1. The lowest BCUT2D eigenvalue weighted by Crippen LogP contribution is -2.35. The van der Waals surface area contributed by atoms with Crippen LogP contribution in [0.3, 0.4) is 0 Å². The van der Waals surface area contributed by atoms with Crippen molar-refractivity contribution in [2.45, 2.75) is 0 Å². The van der Waals surface area contributed by atoms with Crippen LogP contribution in [0.2, 0.25) is 10.0 Å². The molecule has 1 aliphatic rings. The third-order valence-corrected chi connectivity index (χ3v) is 4.79. The molecular weight excluding hydrogens is 403 g/mol. The van der Waals surface area contributed by atoms with Gasteiger partial charge in [-0.3, -0.25) is 14.5 Å². The second-order valence-electron chi connectivity index (χ2n) is 5.98. The summed E-state index contributed by atoms with van der Waals surface area (Å²) < 4.78 is 10.2. The van der Waals surface area contributed by atoms with Crippen LogP contribution in [0, 0.1) is 0 Å². The van der Waals surface area contributed by atoms with Crippen molar-refractivity contribution in [3.63, 3.8) is 0 Å². The van der Waals surface area contributed by atoms with Crippen LogP contribution in [0.1, 0.15) is 5.56 Å². The average molecular weight is 421 g/mol. The summed E-state index contributed by atoms with van der Waals surface area (Å²) >= 11 is 12.3. The topological polar surface area (TPSA) is 67.9 Å². The third kappa shape index (κ3) is 3.99. The van der Waals surface area contributed by atoms with E-state index in [1.165, 1.54) is 13.2 Å². The Kier molecular flexibility index (Phi) is 6.24. The van der Waals surface area contributed by atoms with Gasteiger partial charge < -0.3 is 14.8 Å². The van der Waals surface area contributed by atoms with Gasteiger partial charge in [0.05, 0.1) is 30.9 Å². The Morgan fingerprint density at radius 2 is 1.71 bits per heavy atom. The van der Waals surface area contributed by atoms with Crippen LogP contribution in [-0.4, -0.2) is 44.1 Å². The highest BCUT2D eigenvalue weighted by atomic mass is 35.5. The SMILES string of the molecule is COCCN1C(=O)C(Nc2ccc(OC)cc2)=C(c2ccc(Cl)cc2Cl)C1=O. The van der Waals surface area contributed by atoms with Gasteiger partial charge in [-0.25, -0.2) is 0 Å². The van der Waals surface area contributed by atoms with Crippen molar-refractivity contribution in [3.05, 3.63) is 63.8 Å². The van der Waals surface area contributed by atoms with Gasteiger partial charge in [0.15, 0.2) is 0 Å². The molecule has 0 radical (unpaired) electrons. The van der Waals surface area contributed by atoms with Crippen LogP contribution in [0.25, 0.3) is 5.57 Å². The number of carbonyl (C=O) groups excluding carboxylic acids is 2. The molecule has 0 saturated heterocycles. The molecule has 1 aliphatic heterocycles. The fraction of sp³-hybridized carbons (Fsp3) is 0.200. The first-order chi connectivity index (χ1) is 13.5. The number of carbonyl (C=O) groups is 2. The first-order valence-electron chi connectivity index (χ1n) is 8.42. The van der Waals surface area contributed by atoms with Crippen molar-refractivity contribution < 1.29 is 19.1 Å². The maximum atomic E-state index is 13.0. The molecule has 1 heterocycles. The van der Waals surface area contributed by atoms with E-state index in [2.05, 4.69) is 5.32 Å². The number of anilines is 1. The standard InChI is InChI=1S/C20H18Cl2N2O4/c1-27-10-9-24-19(25)17(15-8-3-12(21)11-16(15)22)18(20(24)26)23-13-4-6-14(28-2)7-5-13/h3-8,11,23H,9-10H2,1-2H3. The van der Waals surface area contributed by atoms with Crippen LogP contribution in [-0.2, 0) is 14.3 Å². The van der Waals surface area contributed by atoms with Gasteiger partial charge in [-0.2, -0.15) is 0 Å². The smallest absolute Gasteiger partial charge is 0.278 e. The maximum Gasteiger partial charge on any atom is 0.278 e. The molecule has 28 heavy (non-hydrogen) atoms. The van der Waals surface area contributed by atoms with Gasteiger partial charge in [0.1, 0.15) is 11.4 Å². The minimum Gasteiger partial charge on any atom is -0.497 e. The van der Waals surface area contributed by atoms with Crippen molar-refractivity contribution in [2.75, 3.05) is 32.7 Å². The summed E-state index contributed by atoms with van der Waals surface area (Å²) in [4.78, 5) is 27.1. The molecule has 2 amide bonds. The number of rotatable bonds is 7. The second-order valence-corrected chi connectivity index (χ2v) is 6.83. The van der Waals surface area contributed by atoms with Crippen molar-refractivity contribution in [1.29, 1.82) is 0 Å². The first kappa shape index (κ1) is 20.2. The van der Waals surface area contributed by atoms with E-state index < -0.39 is 11.8 Å². The Labute approximate surface area is 172 Å². The highest BCUT2D eigenvalue weighted by Crippen LogP contribution is 2.35. The molecule has 0 unspecified atom stereocenters. The number of hydrogen-bond acceptors (Lipinski definition) is 5. The van der Waals surface area contributed by atoms with Crippen molar-refractivity contribution in [3.8, 4) is 5.75 Å². The van der Waals surface area contributed by atoms with Gasteiger partial charge in [-0.15, -0.1) is 0 Å². The predicted octanol–water partition coefficient (Wildman–Crippen LogP) is 3.84. The summed E-state index contributed by atoms with van der Waals surface area (Å²) in [6.07, 6.45) is 0.